The van der Waals surface area contributed by atoms with Gasteiger partial charge >= 0.3 is 0 Å². The second-order valence-electron chi connectivity index (χ2n) is 6.47. The maximum absolute atomic E-state index is 13.0. The fourth-order valence-corrected chi connectivity index (χ4v) is 3.45. The predicted octanol–water partition coefficient (Wildman–Crippen LogP) is 3.52. The van der Waals surface area contributed by atoms with Gasteiger partial charge in [0.2, 0.25) is 0 Å². The van der Waals surface area contributed by atoms with Gasteiger partial charge in [-0.3, -0.25) is 9.78 Å². The Morgan fingerprint density at radius 3 is 2.74 bits per heavy atom. The molecule has 3 aromatic rings. The molecular formula is C21H20N4O2. The van der Waals surface area contributed by atoms with E-state index in [2.05, 4.69) is 15.0 Å². The summed E-state index contributed by atoms with van der Waals surface area (Å²) in [4.78, 5) is 27.7. The van der Waals surface area contributed by atoms with Gasteiger partial charge in [-0.25, -0.2) is 9.97 Å². The van der Waals surface area contributed by atoms with Crippen molar-refractivity contribution in [1.82, 2.24) is 19.9 Å². The van der Waals surface area contributed by atoms with Crippen LogP contribution < -0.4 is 4.74 Å². The van der Waals surface area contributed by atoms with Crippen molar-refractivity contribution in [3.63, 3.8) is 0 Å². The number of carbonyl (C=O) groups excluding carboxylic acids is 1. The third-order valence-electron chi connectivity index (χ3n) is 4.81. The molecule has 4 rings (SSSR count). The van der Waals surface area contributed by atoms with Crippen LogP contribution in [0.1, 0.15) is 34.8 Å². The molecule has 136 valence electrons. The molecule has 1 amide bonds. The summed E-state index contributed by atoms with van der Waals surface area (Å²) in [6.07, 6.45) is 8.51. The van der Waals surface area contributed by atoms with Gasteiger partial charge in [-0.1, -0.05) is 12.1 Å². The van der Waals surface area contributed by atoms with Gasteiger partial charge in [0.15, 0.2) is 5.82 Å². The van der Waals surface area contributed by atoms with E-state index >= 15 is 0 Å². The van der Waals surface area contributed by atoms with Crippen molar-refractivity contribution in [3.8, 4) is 17.1 Å². The van der Waals surface area contributed by atoms with Crippen LogP contribution in [-0.4, -0.2) is 39.4 Å². The Morgan fingerprint density at radius 2 is 2.00 bits per heavy atom. The quantitative estimate of drug-likeness (QED) is 0.712. The first kappa shape index (κ1) is 17.1. The Balaban J connectivity index is 1.56. The van der Waals surface area contributed by atoms with Gasteiger partial charge in [-0.2, -0.15) is 0 Å². The highest BCUT2D eigenvalue weighted by Crippen LogP contribution is 2.34. The summed E-state index contributed by atoms with van der Waals surface area (Å²) in [5.41, 5.74) is 2.41. The number of likely N-dealkylation sites (tertiary alicyclic amines) is 1. The molecule has 1 aliphatic rings. The molecule has 0 N–H and O–H groups in total. The molecule has 1 unspecified atom stereocenters. The van der Waals surface area contributed by atoms with Gasteiger partial charge in [0, 0.05) is 36.9 Å². The second-order valence-corrected chi connectivity index (χ2v) is 6.47. The number of hydrogen-bond donors (Lipinski definition) is 0. The molecule has 27 heavy (non-hydrogen) atoms. The number of benzene rings is 1. The average molecular weight is 360 g/mol. The normalized spacial score (nSPS) is 16.3. The minimum atomic E-state index is -0.0435. The van der Waals surface area contributed by atoms with Crippen LogP contribution in [0.3, 0.4) is 0 Å². The van der Waals surface area contributed by atoms with E-state index in [0.717, 1.165) is 36.3 Å². The number of nitrogens with zero attached hydrogens (tertiary/aromatic N) is 4. The van der Waals surface area contributed by atoms with E-state index in [0.29, 0.717) is 11.4 Å². The summed E-state index contributed by atoms with van der Waals surface area (Å²) in [5.74, 6) is 1.32. The standard InChI is InChI=1S/C21H20N4O2/c1-27-18-7-2-5-15(11-18)19-8-4-10-25(19)21(26)17-13-23-20(24-14-17)16-6-3-9-22-12-16/h2-3,5-7,9,11-14,19H,4,8,10H2,1H3. The summed E-state index contributed by atoms with van der Waals surface area (Å²) in [6.45, 7) is 0.727. The van der Waals surface area contributed by atoms with Gasteiger partial charge in [0.25, 0.3) is 5.91 Å². The molecule has 0 aliphatic carbocycles. The van der Waals surface area contributed by atoms with Crippen molar-refractivity contribution in [3.05, 3.63) is 72.3 Å². The number of amides is 1. The van der Waals surface area contributed by atoms with E-state index in [4.69, 9.17) is 4.74 Å². The fourth-order valence-electron chi connectivity index (χ4n) is 3.45. The Morgan fingerprint density at radius 1 is 1.15 bits per heavy atom. The van der Waals surface area contributed by atoms with E-state index in [1.54, 1.807) is 31.9 Å². The van der Waals surface area contributed by atoms with Gasteiger partial charge in [0.1, 0.15) is 5.75 Å². The van der Waals surface area contributed by atoms with Crippen LogP contribution in [0.2, 0.25) is 0 Å². The van der Waals surface area contributed by atoms with Crippen molar-refractivity contribution in [2.45, 2.75) is 18.9 Å². The second kappa shape index (κ2) is 7.53. The van der Waals surface area contributed by atoms with E-state index in [9.17, 15) is 4.79 Å². The minimum absolute atomic E-state index is 0.0435. The van der Waals surface area contributed by atoms with Gasteiger partial charge in [-0.05, 0) is 42.7 Å². The number of rotatable bonds is 4. The number of methoxy groups -OCH3 is 1. The zero-order valence-corrected chi connectivity index (χ0v) is 15.1. The van der Waals surface area contributed by atoms with Crippen LogP contribution in [0.25, 0.3) is 11.4 Å². The summed E-state index contributed by atoms with van der Waals surface area (Å²) >= 11 is 0. The third kappa shape index (κ3) is 3.51. The van der Waals surface area contributed by atoms with Crippen LogP contribution in [0.15, 0.2) is 61.2 Å². The van der Waals surface area contributed by atoms with E-state index in [1.807, 2.05) is 41.3 Å². The molecule has 3 heterocycles. The van der Waals surface area contributed by atoms with Crippen molar-refractivity contribution >= 4 is 5.91 Å². The van der Waals surface area contributed by atoms with Crippen LogP contribution in [0.4, 0.5) is 0 Å². The molecule has 6 heteroatoms. The van der Waals surface area contributed by atoms with Crippen LogP contribution in [0, 0.1) is 0 Å². The Labute approximate surface area is 157 Å². The van der Waals surface area contributed by atoms with Crippen molar-refractivity contribution in [2.75, 3.05) is 13.7 Å². The largest absolute Gasteiger partial charge is 0.497 e. The van der Waals surface area contributed by atoms with Gasteiger partial charge < -0.3 is 9.64 Å². The summed E-state index contributed by atoms with van der Waals surface area (Å²) < 4.78 is 5.32. The lowest BCUT2D eigenvalue weighted by Crippen LogP contribution is -2.30. The first-order valence-electron chi connectivity index (χ1n) is 8.93. The summed E-state index contributed by atoms with van der Waals surface area (Å²) in [6, 6.07) is 11.7. The molecule has 0 saturated carbocycles. The zero-order chi connectivity index (χ0) is 18.6. The van der Waals surface area contributed by atoms with Crippen molar-refractivity contribution in [1.29, 1.82) is 0 Å². The minimum Gasteiger partial charge on any atom is -0.497 e. The maximum Gasteiger partial charge on any atom is 0.257 e. The topological polar surface area (TPSA) is 68.2 Å². The van der Waals surface area contributed by atoms with Crippen LogP contribution >= 0.6 is 0 Å². The lowest BCUT2D eigenvalue weighted by atomic mass is 10.0. The molecule has 2 aromatic heterocycles. The van der Waals surface area contributed by atoms with Gasteiger partial charge in [0.05, 0.1) is 18.7 Å². The highest BCUT2D eigenvalue weighted by molar-refractivity contribution is 5.94. The number of pyridine rings is 1. The SMILES string of the molecule is COc1cccc(C2CCCN2C(=O)c2cnc(-c3cccnc3)nc2)c1. The third-order valence-corrected chi connectivity index (χ3v) is 4.81. The van der Waals surface area contributed by atoms with Crippen molar-refractivity contribution in [2.24, 2.45) is 0 Å². The number of carbonyl (C=O) groups is 1. The fraction of sp³-hybridized carbons (Fsp3) is 0.238. The number of aromatic nitrogens is 3. The number of ether oxygens (including phenoxy) is 1. The molecule has 1 aromatic carbocycles. The van der Waals surface area contributed by atoms with Gasteiger partial charge in [-0.15, -0.1) is 0 Å². The van der Waals surface area contributed by atoms with E-state index < -0.39 is 0 Å². The van der Waals surface area contributed by atoms with Crippen LogP contribution in [0.5, 0.6) is 5.75 Å². The maximum atomic E-state index is 13.0. The average Bonchev–Trinajstić information content (AvgIpc) is 3.24. The zero-order valence-electron chi connectivity index (χ0n) is 15.1. The predicted molar refractivity (Wildman–Crippen MR) is 101 cm³/mol. The van der Waals surface area contributed by atoms with E-state index in [1.165, 1.54) is 0 Å². The highest BCUT2D eigenvalue weighted by atomic mass is 16.5. The lowest BCUT2D eigenvalue weighted by molar-refractivity contribution is 0.0734. The Hall–Kier alpha value is -3.28. The molecule has 6 nitrogen and oxygen atoms in total. The molecule has 1 aliphatic heterocycles. The first-order valence-corrected chi connectivity index (χ1v) is 8.93. The smallest absolute Gasteiger partial charge is 0.257 e. The molecule has 1 saturated heterocycles. The highest BCUT2D eigenvalue weighted by Gasteiger charge is 2.31. The monoisotopic (exact) mass is 360 g/mol. The summed E-state index contributed by atoms with van der Waals surface area (Å²) in [7, 11) is 1.65. The van der Waals surface area contributed by atoms with Crippen LogP contribution in [-0.2, 0) is 0 Å². The molecule has 1 atom stereocenters. The Bertz CT molecular complexity index is 928. The molecule has 0 bridgehead atoms. The Kier molecular flexibility index (Phi) is 4.78. The van der Waals surface area contributed by atoms with E-state index in [-0.39, 0.29) is 11.9 Å². The lowest BCUT2D eigenvalue weighted by Gasteiger charge is -2.25. The first-order chi connectivity index (χ1) is 13.3. The molecule has 0 radical (unpaired) electrons. The summed E-state index contributed by atoms with van der Waals surface area (Å²) in [5, 5.41) is 0. The molecular weight excluding hydrogens is 340 g/mol. The molecule has 1 fully saturated rings. The molecule has 0 spiro atoms. The van der Waals surface area contributed by atoms with Crippen molar-refractivity contribution < 1.29 is 9.53 Å². The number of hydrogen-bond acceptors (Lipinski definition) is 5.